The molecule has 0 saturated heterocycles. The SMILES string of the molecule is Cc1cc2ccccc2nc1NC1(CN)CCCC1. The van der Waals surface area contributed by atoms with Crippen molar-refractivity contribution in [2.45, 2.75) is 38.1 Å². The lowest BCUT2D eigenvalue weighted by atomic mass is 9.97. The Hall–Kier alpha value is -1.61. The van der Waals surface area contributed by atoms with Crippen LogP contribution < -0.4 is 11.1 Å². The number of nitrogens with one attached hydrogen (secondary N) is 1. The number of rotatable bonds is 3. The molecular formula is C16H21N3. The molecule has 0 aliphatic heterocycles. The van der Waals surface area contributed by atoms with Crippen molar-refractivity contribution in [1.29, 1.82) is 0 Å². The van der Waals surface area contributed by atoms with Crippen molar-refractivity contribution in [3.05, 3.63) is 35.9 Å². The number of para-hydroxylation sites is 1. The number of aromatic nitrogens is 1. The van der Waals surface area contributed by atoms with Crippen LogP contribution in [0.3, 0.4) is 0 Å². The zero-order valence-electron chi connectivity index (χ0n) is 11.4. The fourth-order valence-electron chi connectivity index (χ4n) is 3.03. The maximum Gasteiger partial charge on any atom is 0.130 e. The van der Waals surface area contributed by atoms with E-state index in [1.807, 2.05) is 6.07 Å². The summed E-state index contributed by atoms with van der Waals surface area (Å²) >= 11 is 0. The van der Waals surface area contributed by atoms with Gasteiger partial charge in [-0.25, -0.2) is 4.98 Å². The average Bonchev–Trinajstić information content (AvgIpc) is 2.89. The molecule has 0 spiro atoms. The Morgan fingerprint density at radius 1 is 1.26 bits per heavy atom. The van der Waals surface area contributed by atoms with Crippen LogP contribution in [0.4, 0.5) is 5.82 Å². The van der Waals surface area contributed by atoms with Gasteiger partial charge in [0.1, 0.15) is 5.82 Å². The molecule has 1 aromatic heterocycles. The molecule has 1 saturated carbocycles. The largest absolute Gasteiger partial charge is 0.363 e. The third kappa shape index (κ3) is 2.30. The van der Waals surface area contributed by atoms with Crippen LogP contribution in [0.1, 0.15) is 31.2 Å². The van der Waals surface area contributed by atoms with E-state index in [0.717, 1.165) is 24.2 Å². The van der Waals surface area contributed by atoms with Crippen molar-refractivity contribution in [2.75, 3.05) is 11.9 Å². The normalized spacial score (nSPS) is 17.8. The molecule has 1 heterocycles. The molecule has 1 aliphatic carbocycles. The van der Waals surface area contributed by atoms with Gasteiger partial charge in [0, 0.05) is 11.9 Å². The number of anilines is 1. The van der Waals surface area contributed by atoms with Gasteiger partial charge in [-0.05, 0) is 37.5 Å². The van der Waals surface area contributed by atoms with Gasteiger partial charge in [0.25, 0.3) is 0 Å². The smallest absolute Gasteiger partial charge is 0.130 e. The molecule has 19 heavy (non-hydrogen) atoms. The van der Waals surface area contributed by atoms with E-state index in [-0.39, 0.29) is 5.54 Å². The fraction of sp³-hybridized carbons (Fsp3) is 0.438. The Morgan fingerprint density at radius 2 is 2.00 bits per heavy atom. The van der Waals surface area contributed by atoms with E-state index in [1.165, 1.54) is 23.8 Å². The van der Waals surface area contributed by atoms with E-state index >= 15 is 0 Å². The Labute approximate surface area is 114 Å². The number of fused-ring (bicyclic) bond motifs is 1. The molecule has 1 aromatic carbocycles. The zero-order valence-corrected chi connectivity index (χ0v) is 11.4. The molecule has 1 aliphatic rings. The summed E-state index contributed by atoms with van der Waals surface area (Å²) in [6, 6.07) is 10.4. The highest BCUT2D eigenvalue weighted by atomic mass is 15.1. The molecule has 0 radical (unpaired) electrons. The van der Waals surface area contributed by atoms with E-state index in [4.69, 9.17) is 10.7 Å². The molecule has 3 rings (SSSR count). The number of pyridine rings is 1. The Kier molecular flexibility index (Phi) is 3.15. The van der Waals surface area contributed by atoms with E-state index in [1.54, 1.807) is 0 Å². The molecule has 2 aromatic rings. The fourth-order valence-corrected chi connectivity index (χ4v) is 3.03. The van der Waals surface area contributed by atoms with Crippen LogP contribution in [-0.2, 0) is 0 Å². The van der Waals surface area contributed by atoms with Gasteiger partial charge in [-0.15, -0.1) is 0 Å². The maximum absolute atomic E-state index is 5.99. The monoisotopic (exact) mass is 255 g/mol. The number of hydrogen-bond donors (Lipinski definition) is 2. The number of nitrogens with zero attached hydrogens (tertiary/aromatic N) is 1. The molecule has 0 bridgehead atoms. The number of benzene rings is 1. The van der Waals surface area contributed by atoms with Gasteiger partial charge in [0.05, 0.1) is 11.1 Å². The van der Waals surface area contributed by atoms with Crippen LogP contribution in [0.15, 0.2) is 30.3 Å². The highest BCUT2D eigenvalue weighted by molar-refractivity contribution is 5.81. The molecule has 3 nitrogen and oxygen atoms in total. The maximum atomic E-state index is 5.99. The van der Waals surface area contributed by atoms with Crippen molar-refractivity contribution >= 4 is 16.7 Å². The minimum Gasteiger partial charge on any atom is -0.363 e. The lowest BCUT2D eigenvalue weighted by molar-refractivity contribution is 0.491. The highest BCUT2D eigenvalue weighted by Crippen LogP contribution is 2.33. The standard InChI is InChI=1S/C16H21N3/c1-12-10-13-6-2-3-7-14(13)18-15(12)19-16(11-17)8-4-5-9-16/h2-3,6-7,10H,4-5,8-9,11,17H2,1H3,(H,18,19). The van der Waals surface area contributed by atoms with Gasteiger partial charge in [-0.2, -0.15) is 0 Å². The van der Waals surface area contributed by atoms with Crippen LogP contribution in [0.25, 0.3) is 10.9 Å². The van der Waals surface area contributed by atoms with Crippen molar-refractivity contribution < 1.29 is 0 Å². The van der Waals surface area contributed by atoms with Gasteiger partial charge in [-0.3, -0.25) is 0 Å². The van der Waals surface area contributed by atoms with Gasteiger partial charge >= 0.3 is 0 Å². The van der Waals surface area contributed by atoms with Crippen LogP contribution in [0, 0.1) is 6.92 Å². The van der Waals surface area contributed by atoms with Crippen LogP contribution in [-0.4, -0.2) is 17.1 Å². The lowest BCUT2D eigenvalue weighted by Gasteiger charge is -2.30. The summed E-state index contributed by atoms with van der Waals surface area (Å²) in [6.45, 7) is 2.79. The van der Waals surface area contributed by atoms with E-state index in [9.17, 15) is 0 Å². The third-order valence-electron chi connectivity index (χ3n) is 4.25. The topological polar surface area (TPSA) is 50.9 Å². The van der Waals surface area contributed by atoms with Crippen molar-refractivity contribution in [2.24, 2.45) is 5.73 Å². The van der Waals surface area contributed by atoms with Crippen molar-refractivity contribution in [1.82, 2.24) is 4.98 Å². The van der Waals surface area contributed by atoms with E-state index < -0.39 is 0 Å². The predicted molar refractivity (Wildman–Crippen MR) is 80.4 cm³/mol. The quantitative estimate of drug-likeness (QED) is 0.885. The minimum atomic E-state index is 0.0558. The minimum absolute atomic E-state index is 0.0558. The number of hydrogen-bond acceptors (Lipinski definition) is 3. The molecule has 0 atom stereocenters. The third-order valence-corrected chi connectivity index (χ3v) is 4.25. The van der Waals surface area contributed by atoms with Crippen molar-refractivity contribution in [3.63, 3.8) is 0 Å². The Balaban J connectivity index is 1.98. The summed E-state index contributed by atoms with van der Waals surface area (Å²) in [5.41, 5.74) is 8.28. The first-order valence-corrected chi connectivity index (χ1v) is 7.07. The summed E-state index contributed by atoms with van der Waals surface area (Å²) in [5, 5.41) is 4.82. The summed E-state index contributed by atoms with van der Waals surface area (Å²) < 4.78 is 0. The Bertz CT molecular complexity index is 586. The molecule has 3 N–H and O–H groups in total. The van der Waals surface area contributed by atoms with Crippen molar-refractivity contribution in [3.8, 4) is 0 Å². The molecule has 0 amide bonds. The number of nitrogens with two attached hydrogens (primary N) is 1. The molecular weight excluding hydrogens is 234 g/mol. The number of aryl methyl sites for hydroxylation is 1. The molecule has 0 unspecified atom stereocenters. The first-order valence-electron chi connectivity index (χ1n) is 7.07. The molecule has 3 heteroatoms. The van der Waals surface area contributed by atoms with Gasteiger partial charge in [0.2, 0.25) is 0 Å². The second kappa shape index (κ2) is 4.82. The zero-order chi connectivity index (χ0) is 13.3. The van der Waals surface area contributed by atoms with Gasteiger partial charge < -0.3 is 11.1 Å². The second-order valence-electron chi connectivity index (χ2n) is 5.66. The summed E-state index contributed by atoms with van der Waals surface area (Å²) in [6.07, 6.45) is 4.82. The van der Waals surface area contributed by atoms with Crippen LogP contribution in [0.5, 0.6) is 0 Å². The average molecular weight is 255 g/mol. The molecule has 100 valence electrons. The van der Waals surface area contributed by atoms with E-state index in [0.29, 0.717) is 6.54 Å². The summed E-state index contributed by atoms with van der Waals surface area (Å²) in [7, 11) is 0. The van der Waals surface area contributed by atoms with Crippen LogP contribution >= 0.6 is 0 Å². The second-order valence-corrected chi connectivity index (χ2v) is 5.66. The summed E-state index contributed by atoms with van der Waals surface area (Å²) in [5.74, 6) is 0.992. The molecule has 1 fully saturated rings. The predicted octanol–water partition coefficient (Wildman–Crippen LogP) is 3.23. The Morgan fingerprint density at radius 3 is 2.74 bits per heavy atom. The first-order chi connectivity index (χ1) is 9.22. The van der Waals surface area contributed by atoms with Gasteiger partial charge in [-0.1, -0.05) is 31.0 Å². The lowest BCUT2D eigenvalue weighted by Crippen LogP contribution is -2.43. The van der Waals surface area contributed by atoms with E-state index in [2.05, 4.69) is 36.5 Å². The summed E-state index contributed by atoms with van der Waals surface area (Å²) in [4.78, 5) is 4.76. The highest BCUT2D eigenvalue weighted by Gasteiger charge is 2.32. The van der Waals surface area contributed by atoms with Gasteiger partial charge in [0.15, 0.2) is 0 Å². The first kappa shape index (κ1) is 12.4. The van der Waals surface area contributed by atoms with Crippen LogP contribution in [0.2, 0.25) is 0 Å².